The fourth-order valence-electron chi connectivity index (χ4n) is 4.51. The molecule has 0 unspecified atom stereocenters. The van der Waals surface area contributed by atoms with E-state index in [9.17, 15) is 9.90 Å². The second-order valence-electron chi connectivity index (χ2n) is 9.20. The first kappa shape index (κ1) is 26.1. The van der Waals surface area contributed by atoms with Crippen LogP contribution in [0.4, 0.5) is 4.39 Å². The first-order chi connectivity index (χ1) is 18.9. The number of pyridine rings is 1. The van der Waals surface area contributed by atoms with Crippen molar-refractivity contribution in [2.75, 3.05) is 13.7 Å². The maximum Gasteiger partial charge on any atom is 0.335 e. The van der Waals surface area contributed by atoms with Crippen LogP contribution in [0.5, 0.6) is 5.88 Å². The number of methoxy groups -OCH3 is 1. The quantitative estimate of drug-likeness (QED) is 0.230. The molecule has 0 saturated heterocycles. The van der Waals surface area contributed by atoms with Crippen molar-refractivity contribution in [2.45, 2.75) is 26.0 Å². The largest absolute Gasteiger partial charge is 0.478 e. The number of rotatable bonds is 10. The van der Waals surface area contributed by atoms with Gasteiger partial charge in [0.2, 0.25) is 5.88 Å². The van der Waals surface area contributed by atoms with Gasteiger partial charge < -0.3 is 19.1 Å². The Bertz CT molecular complexity index is 1620. The summed E-state index contributed by atoms with van der Waals surface area (Å²) in [6, 6.07) is 25.1. The Labute approximate surface area is 225 Å². The van der Waals surface area contributed by atoms with Crippen LogP contribution in [0.15, 0.2) is 84.9 Å². The molecule has 1 N–H and O–H groups in total. The summed E-state index contributed by atoms with van der Waals surface area (Å²) < 4.78 is 28.5. The van der Waals surface area contributed by atoms with Gasteiger partial charge in [0.15, 0.2) is 0 Å². The normalized spacial score (nSPS) is 12.0. The molecule has 0 aliphatic heterocycles. The lowest BCUT2D eigenvalue weighted by atomic mass is 10.1. The van der Waals surface area contributed by atoms with Gasteiger partial charge in [0, 0.05) is 31.7 Å². The monoisotopic (exact) mass is 525 g/mol. The van der Waals surface area contributed by atoms with Gasteiger partial charge in [0.25, 0.3) is 0 Å². The number of benzene rings is 3. The van der Waals surface area contributed by atoms with Crippen LogP contribution in [0, 0.1) is 5.82 Å². The van der Waals surface area contributed by atoms with Crippen LogP contribution >= 0.6 is 0 Å². The molecule has 2 heterocycles. The summed E-state index contributed by atoms with van der Waals surface area (Å²) in [7, 11) is 1.59. The van der Waals surface area contributed by atoms with Gasteiger partial charge >= 0.3 is 5.97 Å². The number of imidazole rings is 1. The average molecular weight is 526 g/mol. The number of hydrogen-bond donors (Lipinski definition) is 1. The Balaban J connectivity index is 1.40. The van der Waals surface area contributed by atoms with Crippen LogP contribution in [0.1, 0.15) is 40.3 Å². The second kappa shape index (κ2) is 11.4. The lowest BCUT2D eigenvalue weighted by Crippen LogP contribution is -2.10. The first-order valence-electron chi connectivity index (χ1n) is 12.6. The third-order valence-electron chi connectivity index (χ3n) is 6.58. The third kappa shape index (κ3) is 5.81. The van der Waals surface area contributed by atoms with E-state index in [-0.39, 0.29) is 23.9 Å². The van der Waals surface area contributed by atoms with E-state index in [4.69, 9.17) is 9.47 Å². The van der Waals surface area contributed by atoms with Crippen molar-refractivity contribution in [1.82, 2.24) is 14.5 Å². The molecule has 5 rings (SSSR count). The van der Waals surface area contributed by atoms with E-state index >= 15 is 4.39 Å². The topological polar surface area (TPSA) is 86.5 Å². The van der Waals surface area contributed by atoms with Crippen LogP contribution in [-0.4, -0.2) is 39.3 Å². The summed E-state index contributed by atoms with van der Waals surface area (Å²) >= 11 is 0. The molecule has 2 aromatic heterocycles. The molecular weight excluding hydrogens is 497 g/mol. The highest BCUT2D eigenvalue weighted by molar-refractivity contribution is 5.92. The molecule has 0 bridgehead atoms. The first-order valence-corrected chi connectivity index (χ1v) is 12.6. The van der Waals surface area contributed by atoms with Gasteiger partial charge in [-0.15, -0.1) is 0 Å². The molecule has 0 saturated carbocycles. The Morgan fingerprint density at radius 1 is 1.00 bits per heavy atom. The van der Waals surface area contributed by atoms with E-state index in [0.29, 0.717) is 52.7 Å². The zero-order chi connectivity index (χ0) is 27.4. The second-order valence-corrected chi connectivity index (χ2v) is 9.20. The minimum atomic E-state index is -1.02. The molecule has 198 valence electrons. The van der Waals surface area contributed by atoms with E-state index in [2.05, 4.69) is 9.97 Å². The molecule has 5 aromatic rings. The zero-order valence-electron chi connectivity index (χ0n) is 21.7. The molecule has 0 spiro atoms. The molecule has 0 aliphatic carbocycles. The predicted octanol–water partition coefficient (Wildman–Crippen LogP) is 6.31. The molecule has 0 amide bonds. The highest BCUT2D eigenvalue weighted by Crippen LogP contribution is 2.27. The van der Waals surface area contributed by atoms with E-state index in [1.807, 2.05) is 60.0 Å². The molecule has 3 aromatic carbocycles. The standard InChI is InChI=1S/C31H28FN3O4/c1-20(21-7-4-3-5-8-21)39-30-10-6-9-26(34-30)23-12-11-22(25(32)17-23)19-29-33-27-14-13-24(31(36)37)18-28(27)35(29)15-16-38-2/h3-14,17-18,20H,15-16,19H2,1-2H3,(H,36,37)/t20-/m1/s1. The van der Waals surface area contributed by atoms with Crippen LogP contribution in [0.25, 0.3) is 22.3 Å². The zero-order valence-corrected chi connectivity index (χ0v) is 21.7. The van der Waals surface area contributed by atoms with Crippen molar-refractivity contribution < 1.29 is 23.8 Å². The van der Waals surface area contributed by atoms with Crippen LogP contribution in [-0.2, 0) is 17.7 Å². The van der Waals surface area contributed by atoms with E-state index in [0.717, 1.165) is 5.56 Å². The summed E-state index contributed by atoms with van der Waals surface area (Å²) in [4.78, 5) is 20.7. The summed E-state index contributed by atoms with van der Waals surface area (Å²) in [5.41, 5.74) is 4.23. The maximum absolute atomic E-state index is 15.4. The van der Waals surface area contributed by atoms with Gasteiger partial charge in [-0.05, 0) is 48.4 Å². The lowest BCUT2D eigenvalue weighted by Gasteiger charge is -2.15. The summed E-state index contributed by atoms with van der Waals surface area (Å²) in [5.74, 6) is -0.312. The number of fused-ring (bicyclic) bond motifs is 1. The number of carboxylic acids is 1. The SMILES string of the molecule is COCCn1c(Cc2ccc(-c3cccc(O[C@H](C)c4ccccc4)n3)cc2F)nc2ccc(C(=O)O)cc21. The number of carboxylic acid groups (broad SMARTS) is 1. The van der Waals surface area contributed by atoms with Crippen molar-refractivity contribution in [3.63, 3.8) is 0 Å². The van der Waals surface area contributed by atoms with Crippen molar-refractivity contribution in [2.24, 2.45) is 0 Å². The molecule has 0 fully saturated rings. The number of hydrogen-bond acceptors (Lipinski definition) is 5. The number of carbonyl (C=O) groups is 1. The Morgan fingerprint density at radius 3 is 2.56 bits per heavy atom. The van der Waals surface area contributed by atoms with Crippen molar-refractivity contribution in [3.05, 3.63) is 113 Å². The number of aromatic carboxylic acids is 1. The minimum Gasteiger partial charge on any atom is -0.478 e. The van der Waals surface area contributed by atoms with Crippen LogP contribution in [0.2, 0.25) is 0 Å². The molecule has 7 nitrogen and oxygen atoms in total. The fourth-order valence-corrected chi connectivity index (χ4v) is 4.51. The molecule has 0 radical (unpaired) electrons. The number of aromatic nitrogens is 3. The number of nitrogens with zero attached hydrogens (tertiary/aromatic N) is 3. The van der Waals surface area contributed by atoms with Crippen LogP contribution in [0.3, 0.4) is 0 Å². The minimum absolute atomic E-state index is 0.167. The van der Waals surface area contributed by atoms with Gasteiger partial charge in [-0.25, -0.2) is 19.2 Å². The number of ether oxygens (including phenoxy) is 2. The summed E-state index contributed by atoms with van der Waals surface area (Å²) in [5, 5.41) is 9.40. The number of halogens is 1. The van der Waals surface area contributed by atoms with E-state index in [1.165, 1.54) is 12.1 Å². The molecule has 8 heteroatoms. The Kier molecular flexibility index (Phi) is 7.65. The summed E-state index contributed by atoms with van der Waals surface area (Å²) in [6.07, 6.45) is 0.0509. The van der Waals surface area contributed by atoms with Gasteiger partial charge in [0.1, 0.15) is 17.7 Å². The van der Waals surface area contributed by atoms with Crippen LogP contribution < -0.4 is 4.74 Å². The van der Waals surface area contributed by atoms with Crippen molar-refractivity contribution in [3.8, 4) is 17.1 Å². The van der Waals surface area contributed by atoms with Gasteiger partial charge in [-0.2, -0.15) is 0 Å². The average Bonchev–Trinajstić information content (AvgIpc) is 3.29. The van der Waals surface area contributed by atoms with E-state index in [1.54, 1.807) is 31.4 Å². The molecule has 39 heavy (non-hydrogen) atoms. The Hall–Kier alpha value is -4.56. The molecular formula is C31H28FN3O4. The van der Waals surface area contributed by atoms with Crippen molar-refractivity contribution >= 4 is 17.0 Å². The smallest absolute Gasteiger partial charge is 0.335 e. The van der Waals surface area contributed by atoms with Gasteiger partial charge in [-0.1, -0.05) is 48.5 Å². The predicted molar refractivity (Wildman–Crippen MR) is 146 cm³/mol. The highest BCUT2D eigenvalue weighted by atomic mass is 19.1. The summed E-state index contributed by atoms with van der Waals surface area (Å²) in [6.45, 7) is 2.83. The highest BCUT2D eigenvalue weighted by Gasteiger charge is 2.16. The van der Waals surface area contributed by atoms with Gasteiger partial charge in [0.05, 0.1) is 28.9 Å². The lowest BCUT2D eigenvalue weighted by molar-refractivity contribution is 0.0697. The van der Waals surface area contributed by atoms with Crippen molar-refractivity contribution in [1.29, 1.82) is 0 Å². The molecule has 1 atom stereocenters. The Morgan fingerprint density at radius 2 is 1.82 bits per heavy atom. The molecule has 0 aliphatic rings. The van der Waals surface area contributed by atoms with E-state index < -0.39 is 5.97 Å². The fraction of sp³-hybridized carbons (Fsp3) is 0.194. The van der Waals surface area contributed by atoms with Gasteiger partial charge in [-0.3, -0.25) is 0 Å². The third-order valence-corrected chi connectivity index (χ3v) is 6.58. The maximum atomic E-state index is 15.4.